The maximum Gasteiger partial charge on any atom is 0.229 e. The Kier molecular flexibility index (Phi) is 4.95. The zero-order valence-corrected chi connectivity index (χ0v) is 17.2. The number of fused-ring (bicyclic) bond motifs is 1. The van der Waals surface area contributed by atoms with Crippen molar-refractivity contribution < 1.29 is 14.0 Å². The van der Waals surface area contributed by atoms with Crippen molar-refractivity contribution in [1.29, 1.82) is 0 Å². The molecule has 5 rings (SSSR count). The molecule has 154 valence electrons. The van der Waals surface area contributed by atoms with E-state index in [1.54, 1.807) is 29.5 Å². The highest BCUT2D eigenvalue weighted by Crippen LogP contribution is 2.35. The maximum absolute atomic E-state index is 14.1. The summed E-state index contributed by atoms with van der Waals surface area (Å²) in [5, 5.41) is 3.77. The van der Waals surface area contributed by atoms with Gasteiger partial charge in [-0.3, -0.25) is 9.59 Å². The highest BCUT2D eigenvalue weighted by atomic mass is 32.1. The average Bonchev–Trinajstić information content (AvgIpc) is 3.38. The van der Waals surface area contributed by atoms with Gasteiger partial charge in [0, 0.05) is 18.5 Å². The summed E-state index contributed by atoms with van der Waals surface area (Å²) >= 11 is 1.56. The monoisotopic (exact) mass is 431 g/mol. The number of benzene rings is 3. The summed E-state index contributed by atoms with van der Waals surface area (Å²) in [6.45, 7) is 0.148. The van der Waals surface area contributed by atoms with E-state index in [2.05, 4.69) is 10.3 Å². The molecule has 4 aromatic rings. The van der Waals surface area contributed by atoms with Gasteiger partial charge in [-0.05, 0) is 36.4 Å². The van der Waals surface area contributed by atoms with Gasteiger partial charge in [0.05, 0.1) is 27.5 Å². The molecular weight excluding hydrogens is 413 g/mol. The minimum atomic E-state index is -0.560. The smallest absolute Gasteiger partial charge is 0.229 e. The molecule has 0 saturated carbocycles. The summed E-state index contributed by atoms with van der Waals surface area (Å²) in [7, 11) is 0. The second-order valence-corrected chi connectivity index (χ2v) is 8.41. The number of anilines is 2. The number of nitrogens with one attached hydrogen (secondary N) is 1. The molecule has 1 saturated heterocycles. The van der Waals surface area contributed by atoms with Crippen LogP contribution in [0.1, 0.15) is 6.42 Å². The largest absolute Gasteiger partial charge is 0.325 e. The summed E-state index contributed by atoms with van der Waals surface area (Å²) in [5.41, 5.74) is 2.58. The molecular formula is C24H18FN3O2S. The summed E-state index contributed by atoms with van der Waals surface area (Å²) in [6, 6.07) is 21.5. The van der Waals surface area contributed by atoms with E-state index in [0.29, 0.717) is 5.69 Å². The Morgan fingerprint density at radius 1 is 1.03 bits per heavy atom. The van der Waals surface area contributed by atoms with Crippen molar-refractivity contribution in [3.63, 3.8) is 0 Å². The number of hydrogen-bond acceptors (Lipinski definition) is 4. The first kappa shape index (κ1) is 19.4. The van der Waals surface area contributed by atoms with Crippen molar-refractivity contribution in [3.8, 4) is 10.6 Å². The predicted octanol–water partition coefficient (Wildman–Crippen LogP) is 5.09. The molecule has 5 nitrogen and oxygen atoms in total. The van der Waals surface area contributed by atoms with Crippen LogP contribution in [0, 0.1) is 11.7 Å². The fourth-order valence-electron chi connectivity index (χ4n) is 3.79. The standard InChI is InChI=1S/C24H18FN3O2S/c25-17-8-2-5-11-20(17)28-14-15(13-22(28)29)23(30)26-18-9-3-1-7-16(18)24-27-19-10-4-6-12-21(19)31-24/h1-12,15H,13-14H2,(H,26,30). The maximum atomic E-state index is 14.1. The summed E-state index contributed by atoms with van der Waals surface area (Å²) in [6.07, 6.45) is 0.0451. The number of halogens is 1. The van der Waals surface area contributed by atoms with Crippen LogP contribution in [0.5, 0.6) is 0 Å². The summed E-state index contributed by atoms with van der Waals surface area (Å²) in [5.74, 6) is -1.56. The van der Waals surface area contributed by atoms with Crippen molar-refractivity contribution in [2.24, 2.45) is 5.92 Å². The Morgan fingerprint density at radius 3 is 2.61 bits per heavy atom. The van der Waals surface area contributed by atoms with Crippen LogP contribution in [0.2, 0.25) is 0 Å². The van der Waals surface area contributed by atoms with Gasteiger partial charge in [0.1, 0.15) is 10.8 Å². The van der Waals surface area contributed by atoms with E-state index in [4.69, 9.17) is 0 Å². The van der Waals surface area contributed by atoms with Gasteiger partial charge in [0.25, 0.3) is 0 Å². The Bertz CT molecular complexity index is 1270. The van der Waals surface area contributed by atoms with Crippen LogP contribution in [0.3, 0.4) is 0 Å². The zero-order valence-electron chi connectivity index (χ0n) is 16.4. The first-order valence-corrected chi connectivity index (χ1v) is 10.7. The van der Waals surface area contributed by atoms with Gasteiger partial charge < -0.3 is 10.2 Å². The van der Waals surface area contributed by atoms with E-state index in [0.717, 1.165) is 20.8 Å². The molecule has 0 radical (unpaired) electrons. The third kappa shape index (κ3) is 3.68. The van der Waals surface area contributed by atoms with Crippen molar-refractivity contribution in [1.82, 2.24) is 4.98 Å². The van der Waals surface area contributed by atoms with Gasteiger partial charge in [-0.25, -0.2) is 9.37 Å². The van der Waals surface area contributed by atoms with Crippen LogP contribution in [0.4, 0.5) is 15.8 Å². The minimum Gasteiger partial charge on any atom is -0.325 e. The van der Waals surface area contributed by atoms with Gasteiger partial charge in [-0.2, -0.15) is 0 Å². The normalized spacial score (nSPS) is 16.1. The van der Waals surface area contributed by atoms with E-state index in [1.807, 2.05) is 48.5 Å². The fourth-order valence-corrected chi connectivity index (χ4v) is 4.79. The molecule has 0 spiro atoms. The molecule has 0 bridgehead atoms. The molecule has 31 heavy (non-hydrogen) atoms. The lowest BCUT2D eigenvalue weighted by Gasteiger charge is -2.17. The van der Waals surface area contributed by atoms with Crippen LogP contribution in [0.15, 0.2) is 72.8 Å². The molecule has 7 heteroatoms. The number of para-hydroxylation sites is 3. The second-order valence-electron chi connectivity index (χ2n) is 7.38. The van der Waals surface area contributed by atoms with Crippen LogP contribution in [-0.2, 0) is 9.59 Å². The first-order valence-electron chi connectivity index (χ1n) is 9.91. The third-order valence-corrected chi connectivity index (χ3v) is 6.42. The van der Waals surface area contributed by atoms with Gasteiger partial charge in [-0.1, -0.05) is 36.4 Å². The quantitative estimate of drug-likeness (QED) is 0.489. The number of hydrogen-bond donors (Lipinski definition) is 1. The Balaban J connectivity index is 1.38. The van der Waals surface area contributed by atoms with Gasteiger partial charge in [-0.15, -0.1) is 11.3 Å². The van der Waals surface area contributed by atoms with E-state index < -0.39 is 11.7 Å². The Morgan fingerprint density at radius 2 is 1.77 bits per heavy atom. The van der Waals surface area contributed by atoms with Gasteiger partial charge >= 0.3 is 0 Å². The average molecular weight is 431 g/mol. The molecule has 1 N–H and O–H groups in total. The van der Waals surface area contributed by atoms with Crippen molar-refractivity contribution in [2.45, 2.75) is 6.42 Å². The third-order valence-electron chi connectivity index (χ3n) is 5.35. The fraction of sp³-hybridized carbons (Fsp3) is 0.125. The zero-order chi connectivity index (χ0) is 21.4. The molecule has 1 fully saturated rings. The number of aromatic nitrogens is 1. The number of rotatable bonds is 4. The lowest BCUT2D eigenvalue weighted by Crippen LogP contribution is -2.28. The molecule has 3 aromatic carbocycles. The Hall–Kier alpha value is -3.58. The summed E-state index contributed by atoms with van der Waals surface area (Å²) in [4.78, 5) is 31.5. The molecule has 0 aliphatic carbocycles. The number of thiazole rings is 1. The lowest BCUT2D eigenvalue weighted by molar-refractivity contribution is -0.122. The van der Waals surface area contributed by atoms with Gasteiger partial charge in [0.2, 0.25) is 11.8 Å². The SMILES string of the molecule is O=C(Nc1ccccc1-c1nc2ccccc2s1)C1CC(=O)N(c2ccccc2F)C1. The topological polar surface area (TPSA) is 62.3 Å². The van der Waals surface area contributed by atoms with E-state index >= 15 is 0 Å². The lowest BCUT2D eigenvalue weighted by atomic mass is 10.1. The molecule has 2 heterocycles. The molecule has 1 atom stereocenters. The van der Waals surface area contributed by atoms with E-state index in [1.165, 1.54) is 11.0 Å². The van der Waals surface area contributed by atoms with E-state index in [-0.39, 0.29) is 30.5 Å². The van der Waals surface area contributed by atoms with Crippen LogP contribution in [-0.4, -0.2) is 23.3 Å². The summed E-state index contributed by atoms with van der Waals surface area (Å²) < 4.78 is 15.2. The molecule has 1 unspecified atom stereocenters. The van der Waals surface area contributed by atoms with Crippen LogP contribution in [0.25, 0.3) is 20.8 Å². The molecule has 1 aliphatic rings. The van der Waals surface area contributed by atoms with Crippen molar-refractivity contribution in [3.05, 3.63) is 78.6 Å². The van der Waals surface area contributed by atoms with Crippen LogP contribution >= 0.6 is 11.3 Å². The van der Waals surface area contributed by atoms with Crippen molar-refractivity contribution >= 4 is 44.7 Å². The Labute approximate surface area is 182 Å². The second kappa shape index (κ2) is 7.92. The van der Waals surface area contributed by atoms with Crippen molar-refractivity contribution in [2.75, 3.05) is 16.8 Å². The highest BCUT2D eigenvalue weighted by Gasteiger charge is 2.36. The molecule has 1 aromatic heterocycles. The minimum absolute atomic E-state index is 0.0451. The van der Waals surface area contributed by atoms with Crippen LogP contribution < -0.4 is 10.2 Å². The first-order chi connectivity index (χ1) is 15.1. The number of carbonyl (C=O) groups is 2. The van der Waals surface area contributed by atoms with E-state index in [9.17, 15) is 14.0 Å². The highest BCUT2D eigenvalue weighted by molar-refractivity contribution is 7.21. The molecule has 2 amide bonds. The number of nitrogens with zero attached hydrogens (tertiary/aromatic N) is 2. The predicted molar refractivity (Wildman–Crippen MR) is 121 cm³/mol. The molecule has 1 aliphatic heterocycles. The number of carbonyl (C=O) groups excluding carboxylic acids is 2. The number of amides is 2. The van der Waals surface area contributed by atoms with Gasteiger partial charge in [0.15, 0.2) is 0 Å².